The lowest BCUT2D eigenvalue weighted by Gasteiger charge is -2.07. The van der Waals surface area contributed by atoms with Crippen molar-refractivity contribution >= 4 is 17.3 Å². The summed E-state index contributed by atoms with van der Waals surface area (Å²) < 4.78 is 0. The van der Waals surface area contributed by atoms with Gasteiger partial charge in [-0.1, -0.05) is 0 Å². The molecule has 0 aliphatic carbocycles. The third-order valence-electron chi connectivity index (χ3n) is 0.669. The number of rotatable bonds is 0. The molecule has 0 fully saturated rings. The Balaban J connectivity index is 3.68. The summed E-state index contributed by atoms with van der Waals surface area (Å²) in [6.45, 7) is 0. The average Bonchev–Trinajstić information content (AvgIpc) is 1.84. The molecule has 0 saturated carbocycles. The fraction of sp³-hybridized carbons (Fsp3) is 0.500. The summed E-state index contributed by atoms with van der Waals surface area (Å²) in [5, 5.41) is 11.3. The van der Waals surface area contributed by atoms with E-state index in [1.165, 1.54) is 4.90 Å². The van der Waals surface area contributed by atoms with Crippen LogP contribution in [-0.4, -0.2) is 24.1 Å². The van der Waals surface area contributed by atoms with Crippen LogP contribution < -0.4 is 5.32 Å². The Morgan fingerprint density at radius 1 is 1.88 bits per heavy atom. The molecular formula is C4H7N3S. The van der Waals surface area contributed by atoms with Crippen LogP contribution in [0, 0.1) is 11.5 Å². The second kappa shape index (κ2) is 3.22. The first kappa shape index (κ1) is 7.18. The first-order valence-electron chi connectivity index (χ1n) is 2.07. The molecule has 44 valence electrons. The first-order chi connectivity index (χ1) is 3.72. The van der Waals surface area contributed by atoms with E-state index < -0.39 is 0 Å². The molecule has 4 heteroatoms. The van der Waals surface area contributed by atoms with Crippen LogP contribution in [0.25, 0.3) is 0 Å². The summed E-state index contributed by atoms with van der Waals surface area (Å²) in [7, 11) is 3.27. The maximum atomic E-state index is 8.18. The van der Waals surface area contributed by atoms with Crippen molar-refractivity contribution in [2.75, 3.05) is 14.1 Å². The molecule has 0 rings (SSSR count). The highest BCUT2D eigenvalue weighted by Gasteiger charge is 1.94. The fourth-order valence-electron chi connectivity index (χ4n) is 0.213. The van der Waals surface area contributed by atoms with Crippen molar-refractivity contribution < 1.29 is 0 Å². The third kappa shape index (κ3) is 1.76. The first-order valence-corrected chi connectivity index (χ1v) is 2.48. The third-order valence-corrected chi connectivity index (χ3v) is 1.15. The Labute approximate surface area is 53.9 Å². The van der Waals surface area contributed by atoms with E-state index in [2.05, 4.69) is 17.5 Å². The van der Waals surface area contributed by atoms with Gasteiger partial charge >= 0.3 is 0 Å². The second-order valence-corrected chi connectivity index (χ2v) is 1.60. The number of nitrogens with zero attached hydrogens (tertiary/aromatic N) is 2. The van der Waals surface area contributed by atoms with Gasteiger partial charge in [0.15, 0.2) is 11.3 Å². The van der Waals surface area contributed by atoms with Crippen molar-refractivity contribution in [2.45, 2.75) is 0 Å². The zero-order valence-corrected chi connectivity index (χ0v) is 5.62. The number of hydrogen-bond donors (Lipinski definition) is 1. The van der Waals surface area contributed by atoms with Gasteiger partial charge in [-0.15, -0.1) is 0 Å². The highest BCUT2D eigenvalue weighted by molar-refractivity contribution is 7.80. The Bertz CT molecular complexity index is 126. The van der Waals surface area contributed by atoms with Gasteiger partial charge in [-0.25, -0.2) is 0 Å². The topological polar surface area (TPSA) is 39.1 Å². The van der Waals surface area contributed by atoms with Gasteiger partial charge in [0.1, 0.15) is 0 Å². The SMILES string of the molecule is CNC(=S)N(C)C#N. The maximum absolute atomic E-state index is 8.18. The molecular weight excluding hydrogens is 122 g/mol. The molecule has 0 aliphatic heterocycles. The largest absolute Gasteiger partial charge is 0.365 e. The van der Waals surface area contributed by atoms with E-state index in [-0.39, 0.29) is 0 Å². The molecule has 0 radical (unpaired) electrons. The lowest BCUT2D eigenvalue weighted by molar-refractivity contribution is 0.696. The highest BCUT2D eigenvalue weighted by atomic mass is 32.1. The molecule has 0 aromatic rings. The van der Waals surface area contributed by atoms with Crippen LogP contribution in [0.1, 0.15) is 0 Å². The summed E-state index contributed by atoms with van der Waals surface area (Å²) in [4.78, 5) is 1.27. The van der Waals surface area contributed by atoms with Gasteiger partial charge in [0.2, 0.25) is 0 Å². The predicted molar refractivity (Wildman–Crippen MR) is 35.0 cm³/mol. The van der Waals surface area contributed by atoms with Crippen LogP contribution >= 0.6 is 12.2 Å². The summed E-state index contributed by atoms with van der Waals surface area (Å²) in [5.74, 6) is 0. The molecule has 0 amide bonds. The van der Waals surface area contributed by atoms with Crippen molar-refractivity contribution in [2.24, 2.45) is 0 Å². The molecule has 3 nitrogen and oxygen atoms in total. The zero-order chi connectivity index (χ0) is 6.57. The summed E-state index contributed by atoms with van der Waals surface area (Å²) in [6.07, 6.45) is 1.85. The minimum Gasteiger partial charge on any atom is -0.365 e. The van der Waals surface area contributed by atoms with Gasteiger partial charge < -0.3 is 5.32 Å². The van der Waals surface area contributed by atoms with Crippen molar-refractivity contribution in [1.82, 2.24) is 10.2 Å². The molecule has 0 aromatic heterocycles. The monoisotopic (exact) mass is 129 g/mol. The fourth-order valence-corrected chi connectivity index (χ4v) is 0.254. The van der Waals surface area contributed by atoms with Crippen LogP contribution in [0.4, 0.5) is 0 Å². The normalized spacial score (nSPS) is 7.12. The lowest BCUT2D eigenvalue weighted by atomic mass is 10.8. The summed E-state index contributed by atoms with van der Waals surface area (Å²) in [5.41, 5.74) is 0. The molecule has 0 bridgehead atoms. The summed E-state index contributed by atoms with van der Waals surface area (Å²) >= 11 is 4.67. The van der Waals surface area contributed by atoms with Crippen molar-refractivity contribution in [3.63, 3.8) is 0 Å². The Morgan fingerprint density at radius 2 is 2.38 bits per heavy atom. The molecule has 0 heterocycles. The van der Waals surface area contributed by atoms with Gasteiger partial charge in [-0.3, -0.25) is 4.90 Å². The molecule has 0 spiro atoms. The van der Waals surface area contributed by atoms with Crippen LogP contribution in [0.3, 0.4) is 0 Å². The van der Waals surface area contributed by atoms with Crippen LogP contribution in [0.2, 0.25) is 0 Å². The molecule has 1 N–H and O–H groups in total. The quantitative estimate of drug-likeness (QED) is 0.282. The van der Waals surface area contributed by atoms with Gasteiger partial charge in [0, 0.05) is 14.1 Å². The minimum absolute atomic E-state index is 0.438. The zero-order valence-electron chi connectivity index (χ0n) is 4.80. The molecule has 0 aromatic carbocycles. The van der Waals surface area contributed by atoms with Gasteiger partial charge in [-0.2, -0.15) is 5.26 Å². The predicted octanol–water partition coefficient (Wildman–Crippen LogP) is -0.0964. The average molecular weight is 129 g/mol. The number of thiocarbonyl (C=S) groups is 1. The van der Waals surface area contributed by atoms with Gasteiger partial charge in [0.25, 0.3) is 0 Å². The lowest BCUT2D eigenvalue weighted by Crippen LogP contribution is -2.30. The maximum Gasteiger partial charge on any atom is 0.185 e. The molecule has 8 heavy (non-hydrogen) atoms. The molecule has 0 atom stereocenters. The van der Waals surface area contributed by atoms with E-state index in [0.29, 0.717) is 5.11 Å². The van der Waals surface area contributed by atoms with Gasteiger partial charge in [-0.05, 0) is 12.2 Å². The Morgan fingerprint density at radius 3 is 2.50 bits per heavy atom. The second-order valence-electron chi connectivity index (χ2n) is 1.21. The Hall–Kier alpha value is -0.820. The number of nitriles is 1. The molecule has 0 saturated heterocycles. The number of hydrogen-bond acceptors (Lipinski definition) is 2. The summed E-state index contributed by atoms with van der Waals surface area (Å²) in [6, 6.07) is 0. The van der Waals surface area contributed by atoms with E-state index in [4.69, 9.17) is 5.26 Å². The van der Waals surface area contributed by atoms with Gasteiger partial charge in [0.05, 0.1) is 0 Å². The van der Waals surface area contributed by atoms with E-state index >= 15 is 0 Å². The van der Waals surface area contributed by atoms with Crippen LogP contribution in [0.5, 0.6) is 0 Å². The van der Waals surface area contributed by atoms with E-state index in [1.54, 1.807) is 14.1 Å². The standard InChI is InChI=1S/C4H7N3S/c1-6-4(8)7(2)3-5/h1-2H3,(H,6,8). The Kier molecular flexibility index (Phi) is 2.89. The minimum atomic E-state index is 0.438. The number of nitrogens with one attached hydrogen (secondary N) is 1. The van der Waals surface area contributed by atoms with Crippen molar-refractivity contribution in [3.8, 4) is 6.19 Å². The van der Waals surface area contributed by atoms with E-state index in [1.807, 2.05) is 6.19 Å². The van der Waals surface area contributed by atoms with E-state index in [9.17, 15) is 0 Å². The smallest absolute Gasteiger partial charge is 0.185 e. The molecule has 0 aliphatic rings. The molecule has 0 unspecified atom stereocenters. The van der Waals surface area contributed by atoms with E-state index in [0.717, 1.165) is 0 Å². The van der Waals surface area contributed by atoms with Crippen molar-refractivity contribution in [3.05, 3.63) is 0 Å². The van der Waals surface area contributed by atoms with Crippen molar-refractivity contribution in [1.29, 1.82) is 5.26 Å². The highest BCUT2D eigenvalue weighted by Crippen LogP contribution is 1.76. The van der Waals surface area contributed by atoms with Crippen LogP contribution in [0.15, 0.2) is 0 Å². The van der Waals surface area contributed by atoms with Crippen LogP contribution in [-0.2, 0) is 0 Å².